The van der Waals surface area contributed by atoms with Crippen molar-refractivity contribution in [2.45, 2.75) is 0 Å². The van der Waals surface area contributed by atoms with E-state index in [9.17, 15) is 0 Å². The molecule has 0 saturated heterocycles. The van der Waals surface area contributed by atoms with E-state index >= 15 is 0 Å². The van der Waals surface area contributed by atoms with Crippen LogP contribution in [-0.4, -0.2) is 0 Å². The molecule has 11 aromatic rings. The van der Waals surface area contributed by atoms with E-state index < -0.39 is 0 Å². The van der Waals surface area contributed by atoms with Gasteiger partial charge in [-0.25, -0.2) is 0 Å². The van der Waals surface area contributed by atoms with E-state index in [0.717, 1.165) is 73.1 Å². The van der Waals surface area contributed by atoms with E-state index in [0.29, 0.717) is 0 Å². The maximum absolute atomic E-state index is 7.02. The highest BCUT2D eigenvalue weighted by Gasteiger charge is 2.27. The van der Waals surface area contributed by atoms with Gasteiger partial charge in [0, 0.05) is 71.1 Å². The van der Waals surface area contributed by atoms with Gasteiger partial charge in [-0.1, -0.05) is 121 Å². The second-order valence-electron chi connectivity index (χ2n) is 14.5. The van der Waals surface area contributed by atoms with E-state index in [2.05, 4.69) is 239 Å². The van der Waals surface area contributed by atoms with E-state index in [-0.39, 0.29) is 0 Å². The van der Waals surface area contributed by atoms with Gasteiger partial charge in [-0.2, -0.15) is 0 Å². The van der Waals surface area contributed by atoms with Gasteiger partial charge in [0.15, 0.2) is 5.58 Å². The Hall–Kier alpha value is -7.60. The van der Waals surface area contributed by atoms with Crippen LogP contribution in [0.25, 0.3) is 42.1 Å². The highest BCUT2D eigenvalue weighted by atomic mass is 32.1. The number of hydrogen-bond donors (Lipinski definition) is 0. The molecule has 0 spiro atoms. The molecule has 280 valence electrons. The lowest BCUT2D eigenvalue weighted by molar-refractivity contribution is 0.669. The summed E-state index contributed by atoms with van der Waals surface area (Å²) in [5.74, 6) is 0. The number of thiophene rings is 1. The minimum absolute atomic E-state index is 0.818. The quantitative estimate of drug-likeness (QED) is 0.146. The number of para-hydroxylation sites is 6. The zero-order valence-corrected chi connectivity index (χ0v) is 32.8. The molecule has 0 fully saturated rings. The van der Waals surface area contributed by atoms with Crippen molar-refractivity contribution in [3.05, 3.63) is 224 Å². The van der Waals surface area contributed by atoms with Crippen LogP contribution >= 0.6 is 11.3 Å². The first-order valence-corrected chi connectivity index (χ1v) is 20.7. The number of fused-ring (bicyclic) bond motifs is 6. The van der Waals surface area contributed by atoms with Gasteiger partial charge in [-0.15, -0.1) is 11.3 Å². The number of nitrogens with zero attached hydrogens (tertiary/aromatic N) is 3. The van der Waals surface area contributed by atoms with Crippen molar-refractivity contribution in [2.24, 2.45) is 0 Å². The third-order valence-electron chi connectivity index (χ3n) is 11.0. The molecule has 2 aromatic heterocycles. The Labute approximate surface area is 346 Å². The van der Waals surface area contributed by atoms with Crippen LogP contribution in [0.5, 0.6) is 0 Å². The van der Waals surface area contributed by atoms with Crippen molar-refractivity contribution >= 4 is 105 Å². The van der Waals surface area contributed by atoms with Crippen molar-refractivity contribution in [1.29, 1.82) is 0 Å². The molecule has 0 amide bonds. The van der Waals surface area contributed by atoms with Gasteiger partial charge in [0.1, 0.15) is 5.58 Å². The maximum atomic E-state index is 7.02. The molecule has 0 aliphatic heterocycles. The molecule has 0 unspecified atom stereocenters. The Morgan fingerprint density at radius 3 is 1.39 bits per heavy atom. The van der Waals surface area contributed by atoms with Crippen molar-refractivity contribution < 1.29 is 4.42 Å². The van der Waals surface area contributed by atoms with Crippen molar-refractivity contribution in [2.75, 3.05) is 14.7 Å². The molecule has 0 N–H and O–H groups in total. The average molecular weight is 776 g/mol. The summed E-state index contributed by atoms with van der Waals surface area (Å²) in [6.07, 6.45) is 0. The van der Waals surface area contributed by atoms with E-state index in [4.69, 9.17) is 4.42 Å². The normalized spacial score (nSPS) is 11.4. The van der Waals surface area contributed by atoms with Crippen LogP contribution in [0.15, 0.2) is 229 Å². The van der Waals surface area contributed by atoms with Crippen LogP contribution in [0.2, 0.25) is 0 Å². The van der Waals surface area contributed by atoms with Gasteiger partial charge in [-0.3, -0.25) is 0 Å². The van der Waals surface area contributed by atoms with E-state index in [1.165, 1.54) is 20.2 Å². The minimum atomic E-state index is 0.818. The monoisotopic (exact) mass is 775 g/mol. The highest BCUT2D eigenvalue weighted by molar-refractivity contribution is 7.26. The smallest absolute Gasteiger partial charge is 0.159 e. The summed E-state index contributed by atoms with van der Waals surface area (Å²) in [4.78, 5) is 7.07. The number of hydrogen-bond acceptors (Lipinski definition) is 5. The van der Waals surface area contributed by atoms with E-state index in [1.54, 1.807) is 0 Å². The largest absolute Gasteiger partial charge is 0.454 e. The summed E-state index contributed by atoms with van der Waals surface area (Å²) < 4.78 is 9.51. The number of rotatable bonds is 9. The fraction of sp³-hybridized carbons (Fsp3) is 0. The molecule has 5 heteroatoms. The molecular formula is C54H37N3OS. The van der Waals surface area contributed by atoms with Crippen LogP contribution < -0.4 is 14.7 Å². The first kappa shape index (κ1) is 34.6. The molecule has 9 aromatic carbocycles. The van der Waals surface area contributed by atoms with Crippen LogP contribution in [0.3, 0.4) is 0 Å². The van der Waals surface area contributed by atoms with Gasteiger partial charge < -0.3 is 19.1 Å². The molecule has 0 radical (unpaired) electrons. The third kappa shape index (κ3) is 6.08. The number of anilines is 9. The Morgan fingerprint density at radius 1 is 0.322 bits per heavy atom. The van der Waals surface area contributed by atoms with E-state index in [1.807, 2.05) is 11.3 Å². The Bertz CT molecular complexity index is 3140. The second kappa shape index (κ2) is 14.7. The molecule has 0 aliphatic rings. The molecule has 11 rings (SSSR count). The summed E-state index contributed by atoms with van der Waals surface area (Å²) >= 11 is 1.84. The van der Waals surface area contributed by atoms with Crippen molar-refractivity contribution in [1.82, 2.24) is 0 Å². The van der Waals surface area contributed by atoms with Crippen LogP contribution in [0, 0.1) is 0 Å². The lowest BCUT2D eigenvalue weighted by Gasteiger charge is -2.34. The Morgan fingerprint density at radius 2 is 0.814 bits per heavy atom. The first-order valence-electron chi connectivity index (χ1n) is 19.9. The zero-order valence-electron chi connectivity index (χ0n) is 32.0. The molecule has 59 heavy (non-hydrogen) atoms. The molecule has 0 bridgehead atoms. The van der Waals surface area contributed by atoms with Crippen LogP contribution in [0.1, 0.15) is 0 Å². The fourth-order valence-electron chi connectivity index (χ4n) is 8.43. The Kier molecular flexibility index (Phi) is 8.64. The van der Waals surface area contributed by atoms with Gasteiger partial charge >= 0.3 is 0 Å². The minimum Gasteiger partial charge on any atom is -0.454 e. The van der Waals surface area contributed by atoms with Crippen molar-refractivity contribution in [3.63, 3.8) is 0 Å². The van der Waals surface area contributed by atoms with Gasteiger partial charge in [0.2, 0.25) is 0 Å². The predicted octanol–water partition coefficient (Wildman–Crippen LogP) is 16.4. The van der Waals surface area contributed by atoms with Crippen molar-refractivity contribution in [3.8, 4) is 0 Å². The second-order valence-corrected chi connectivity index (χ2v) is 15.6. The van der Waals surface area contributed by atoms with Gasteiger partial charge in [0.25, 0.3) is 0 Å². The topological polar surface area (TPSA) is 22.9 Å². The maximum Gasteiger partial charge on any atom is 0.159 e. The lowest BCUT2D eigenvalue weighted by Crippen LogP contribution is -2.17. The Balaban J connectivity index is 1.17. The summed E-state index contributed by atoms with van der Waals surface area (Å²) in [6.45, 7) is 0. The first-order chi connectivity index (χ1) is 29.3. The summed E-state index contributed by atoms with van der Waals surface area (Å²) in [7, 11) is 0. The van der Waals surface area contributed by atoms with Crippen LogP contribution in [0.4, 0.5) is 51.2 Å². The molecule has 0 atom stereocenters. The fourth-order valence-corrected chi connectivity index (χ4v) is 9.54. The number of furan rings is 1. The average Bonchev–Trinajstić information content (AvgIpc) is 3.88. The third-order valence-corrected chi connectivity index (χ3v) is 12.1. The highest BCUT2D eigenvalue weighted by Crippen LogP contribution is 2.53. The van der Waals surface area contributed by atoms with Gasteiger partial charge in [0.05, 0.1) is 17.1 Å². The standard InChI is InChI=1S/C54H37N3OS/c1-6-19-38(20-7-1)55(39-21-8-2-9-22-39)48-31-18-30-45-44-34-33-43(37-49(44)58-54(45)48)56(40-23-10-3-11-24-40)47-35-36-51-52(46-29-16-17-32-50(46)59-51)53(47)57(41-25-12-4-13-26-41)42-27-14-5-15-28-42/h1-37H. The SMILES string of the molecule is c1ccc(N(c2ccc3c(c2)oc2c(N(c4ccccc4)c4ccccc4)cccc23)c2ccc3sc4ccccc4c3c2N(c2ccccc2)c2ccccc2)cc1. The molecular weight excluding hydrogens is 739 g/mol. The molecule has 4 nitrogen and oxygen atoms in total. The zero-order chi connectivity index (χ0) is 39.1. The van der Waals surface area contributed by atoms with Crippen LogP contribution in [-0.2, 0) is 0 Å². The summed E-state index contributed by atoms with van der Waals surface area (Å²) in [6, 6.07) is 79.5. The molecule has 0 aliphatic carbocycles. The predicted molar refractivity (Wildman–Crippen MR) is 251 cm³/mol. The molecule has 0 saturated carbocycles. The lowest BCUT2D eigenvalue weighted by atomic mass is 10.0. The summed E-state index contributed by atoms with van der Waals surface area (Å²) in [5.41, 5.74) is 11.1. The number of benzene rings is 9. The summed E-state index contributed by atoms with van der Waals surface area (Å²) in [5, 5.41) is 4.58. The molecule has 2 heterocycles. The van der Waals surface area contributed by atoms with Gasteiger partial charge in [-0.05, 0) is 97.1 Å².